The van der Waals surface area contributed by atoms with Gasteiger partial charge in [0.25, 0.3) is 0 Å². The summed E-state index contributed by atoms with van der Waals surface area (Å²) in [4.78, 5) is 4.04. The highest BCUT2D eigenvalue weighted by atomic mass is 32.1. The lowest BCUT2D eigenvalue weighted by molar-refractivity contribution is 1.40. The summed E-state index contributed by atoms with van der Waals surface area (Å²) in [6.45, 7) is 6.20. The summed E-state index contributed by atoms with van der Waals surface area (Å²) in [5.74, 6) is 6.52. The van der Waals surface area contributed by atoms with Crippen LogP contribution in [-0.2, 0) is 0 Å². The minimum Gasteiger partial charge on any atom is -0.194 e. The molecule has 0 aromatic heterocycles. The number of hydrogen-bond donors (Lipinski definition) is 0. The van der Waals surface area contributed by atoms with Gasteiger partial charge in [-0.2, -0.15) is 4.99 Å². The fourth-order valence-corrected chi connectivity index (χ4v) is 2.88. The number of aryl methyl sites for hydroxylation is 3. The highest BCUT2D eigenvalue weighted by Gasteiger charge is 2.01. The SMILES string of the molecule is Cc1ccc(-c2ccc(C#Cc3ccc(N=C=S)c(C)c3)c(C)c2)cc1. The maximum atomic E-state index is 4.66. The minimum atomic E-state index is 0.837. The second-order valence-corrected chi connectivity index (χ2v) is 6.53. The Morgan fingerprint density at radius 3 is 2.12 bits per heavy atom. The van der Waals surface area contributed by atoms with Crippen molar-refractivity contribution in [1.29, 1.82) is 0 Å². The summed E-state index contributed by atoms with van der Waals surface area (Å²) >= 11 is 4.66. The Morgan fingerprint density at radius 2 is 1.46 bits per heavy atom. The summed E-state index contributed by atoms with van der Waals surface area (Å²) < 4.78 is 0. The molecular formula is C24H19NS. The second-order valence-electron chi connectivity index (χ2n) is 6.35. The van der Waals surface area contributed by atoms with Crippen molar-refractivity contribution in [2.75, 3.05) is 0 Å². The minimum absolute atomic E-state index is 0.837. The summed E-state index contributed by atoms with van der Waals surface area (Å²) in [5, 5.41) is 2.40. The molecule has 0 aliphatic heterocycles. The standard InChI is InChI=1S/C24H19NS/c1-17-4-8-22(9-5-17)23-12-11-21(18(2)15-23)10-6-20-7-13-24(25-16-26)19(3)14-20/h4-5,7-9,11-15H,1-3H3. The third-order valence-electron chi connectivity index (χ3n) is 4.32. The largest absolute Gasteiger partial charge is 0.194 e. The third-order valence-corrected chi connectivity index (χ3v) is 4.41. The molecule has 3 aromatic rings. The summed E-state index contributed by atoms with van der Waals surface area (Å²) in [6.07, 6.45) is 0. The molecule has 0 saturated carbocycles. The lowest BCUT2D eigenvalue weighted by Gasteiger charge is -2.05. The van der Waals surface area contributed by atoms with E-state index < -0.39 is 0 Å². The maximum absolute atomic E-state index is 4.66. The average Bonchev–Trinajstić information content (AvgIpc) is 2.63. The molecule has 0 atom stereocenters. The zero-order valence-corrected chi connectivity index (χ0v) is 15.9. The lowest BCUT2D eigenvalue weighted by atomic mass is 9.99. The van der Waals surface area contributed by atoms with Crippen LogP contribution in [0, 0.1) is 32.6 Å². The molecular weight excluding hydrogens is 334 g/mol. The lowest BCUT2D eigenvalue weighted by Crippen LogP contribution is -1.86. The number of benzene rings is 3. The van der Waals surface area contributed by atoms with Gasteiger partial charge in [0.1, 0.15) is 0 Å². The van der Waals surface area contributed by atoms with Gasteiger partial charge in [-0.1, -0.05) is 53.8 Å². The molecule has 2 heteroatoms. The Bertz CT molecular complexity index is 1060. The van der Waals surface area contributed by atoms with Gasteiger partial charge in [0.15, 0.2) is 0 Å². The van der Waals surface area contributed by atoms with Crippen molar-refractivity contribution in [1.82, 2.24) is 0 Å². The van der Waals surface area contributed by atoms with Gasteiger partial charge in [-0.25, -0.2) is 0 Å². The van der Waals surface area contributed by atoms with Crippen molar-refractivity contribution in [3.63, 3.8) is 0 Å². The Hall–Kier alpha value is -2.98. The van der Waals surface area contributed by atoms with Crippen LogP contribution in [0.2, 0.25) is 0 Å². The van der Waals surface area contributed by atoms with Crippen LogP contribution in [0.3, 0.4) is 0 Å². The van der Waals surface area contributed by atoms with E-state index in [1.807, 2.05) is 25.1 Å². The van der Waals surface area contributed by atoms with E-state index in [9.17, 15) is 0 Å². The van der Waals surface area contributed by atoms with Gasteiger partial charge in [-0.3, -0.25) is 0 Å². The summed E-state index contributed by atoms with van der Waals surface area (Å²) in [6, 6.07) is 20.9. The normalized spacial score (nSPS) is 9.81. The molecule has 0 aliphatic carbocycles. The van der Waals surface area contributed by atoms with E-state index in [4.69, 9.17) is 0 Å². The molecule has 26 heavy (non-hydrogen) atoms. The zero-order valence-electron chi connectivity index (χ0n) is 15.1. The van der Waals surface area contributed by atoms with Gasteiger partial charge < -0.3 is 0 Å². The zero-order chi connectivity index (χ0) is 18.5. The summed E-state index contributed by atoms with van der Waals surface area (Å²) in [7, 11) is 0. The van der Waals surface area contributed by atoms with Crippen molar-refractivity contribution in [2.45, 2.75) is 20.8 Å². The van der Waals surface area contributed by atoms with Crippen LogP contribution in [0.25, 0.3) is 11.1 Å². The molecule has 0 amide bonds. The number of isothiocyanates is 1. The van der Waals surface area contributed by atoms with Gasteiger partial charge >= 0.3 is 0 Å². The monoisotopic (exact) mass is 353 g/mol. The van der Waals surface area contributed by atoms with Crippen molar-refractivity contribution in [3.05, 3.63) is 88.5 Å². The molecule has 126 valence electrons. The first kappa shape index (κ1) is 17.8. The summed E-state index contributed by atoms with van der Waals surface area (Å²) in [5.41, 5.74) is 8.77. The molecule has 0 radical (unpaired) electrons. The van der Waals surface area contributed by atoms with Crippen LogP contribution in [0.4, 0.5) is 5.69 Å². The molecule has 3 aromatic carbocycles. The van der Waals surface area contributed by atoms with E-state index >= 15 is 0 Å². The van der Waals surface area contributed by atoms with Crippen molar-refractivity contribution < 1.29 is 0 Å². The van der Waals surface area contributed by atoms with Gasteiger partial charge in [0.05, 0.1) is 10.8 Å². The molecule has 0 saturated heterocycles. The van der Waals surface area contributed by atoms with E-state index in [1.54, 1.807) is 0 Å². The quantitative estimate of drug-likeness (QED) is 0.294. The smallest absolute Gasteiger partial charge is 0.0769 e. The van der Waals surface area contributed by atoms with Crippen molar-refractivity contribution >= 4 is 23.1 Å². The van der Waals surface area contributed by atoms with E-state index in [2.05, 4.69) is 90.5 Å². The Balaban J connectivity index is 1.88. The fourth-order valence-electron chi connectivity index (χ4n) is 2.78. The van der Waals surface area contributed by atoms with Crippen molar-refractivity contribution in [2.24, 2.45) is 4.99 Å². The predicted molar refractivity (Wildman–Crippen MR) is 113 cm³/mol. The molecule has 0 unspecified atom stereocenters. The van der Waals surface area contributed by atoms with E-state index in [0.29, 0.717) is 0 Å². The van der Waals surface area contributed by atoms with Gasteiger partial charge in [-0.05, 0) is 79.5 Å². The molecule has 3 rings (SSSR count). The number of thiocarbonyl (C=S) groups is 1. The first-order valence-electron chi connectivity index (χ1n) is 8.45. The number of aliphatic imine (C=N–C) groups is 1. The number of rotatable bonds is 2. The molecule has 0 fully saturated rings. The number of hydrogen-bond acceptors (Lipinski definition) is 2. The first-order valence-corrected chi connectivity index (χ1v) is 8.86. The molecule has 0 heterocycles. The van der Waals surface area contributed by atoms with Crippen LogP contribution in [0.5, 0.6) is 0 Å². The Morgan fingerprint density at radius 1 is 0.731 bits per heavy atom. The molecule has 0 aliphatic rings. The van der Waals surface area contributed by atoms with E-state index in [-0.39, 0.29) is 0 Å². The van der Waals surface area contributed by atoms with E-state index in [1.165, 1.54) is 22.3 Å². The Labute approximate surface area is 160 Å². The van der Waals surface area contributed by atoms with Crippen LogP contribution < -0.4 is 0 Å². The Kier molecular flexibility index (Phi) is 5.44. The highest BCUT2D eigenvalue weighted by molar-refractivity contribution is 7.78. The maximum Gasteiger partial charge on any atom is 0.0769 e. The van der Waals surface area contributed by atoms with Gasteiger partial charge in [0.2, 0.25) is 0 Å². The molecule has 0 bridgehead atoms. The van der Waals surface area contributed by atoms with Crippen LogP contribution in [-0.4, -0.2) is 5.16 Å². The fraction of sp³-hybridized carbons (Fsp3) is 0.125. The average molecular weight is 353 g/mol. The van der Waals surface area contributed by atoms with Crippen LogP contribution in [0.1, 0.15) is 27.8 Å². The molecule has 0 N–H and O–H groups in total. The van der Waals surface area contributed by atoms with Crippen LogP contribution >= 0.6 is 12.2 Å². The number of nitrogens with zero attached hydrogens (tertiary/aromatic N) is 1. The third kappa shape index (κ3) is 4.16. The molecule has 0 spiro atoms. The van der Waals surface area contributed by atoms with Crippen molar-refractivity contribution in [3.8, 4) is 23.0 Å². The highest BCUT2D eigenvalue weighted by Crippen LogP contribution is 2.23. The van der Waals surface area contributed by atoms with Gasteiger partial charge in [-0.15, -0.1) is 0 Å². The predicted octanol–water partition coefficient (Wildman–Crippen LogP) is 6.41. The first-order chi connectivity index (χ1) is 12.6. The van der Waals surface area contributed by atoms with Crippen LogP contribution in [0.15, 0.2) is 65.7 Å². The topological polar surface area (TPSA) is 12.4 Å². The van der Waals surface area contributed by atoms with Gasteiger partial charge in [0, 0.05) is 11.1 Å². The van der Waals surface area contributed by atoms with E-state index in [0.717, 1.165) is 22.4 Å². The second kappa shape index (κ2) is 7.93. The molecule has 1 nitrogen and oxygen atoms in total.